The van der Waals surface area contributed by atoms with Gasteiger partial charge in [0.15, 0.2) is 0 Å². The molecule has 0 aliphatic heterocycles. The first-order valence-corrected chi connectivity index (χ1v) is 7.09. The lowest BCUT2D eigenvalue weighted by molar-refractivity contribution is 1.47. The molecule has 0 aromatic heterocycles. The summed E-state index contributed by atoms with van der Waals surface area (Å²) in [6.07, 6.45) is 17.5. The quantitative estimate of drug-likeness (QED) is 0.597. The normalized spacial score (nSPS) is 17.3. The highest BCUT2D eigenvalue weighted by molar-refractivity contribution is 5.88. The van der Waals surface area contributed by atoms with Crippen LogP contribution in [0.3, 0.4) is 0 Å². The zero-order chi connectivity index (χ0) is 12.4. The van der Waals surface area contributed by atoms with E-state index < -0.39 is 0 Å². The van der Waals surface area contributed by atoms with Gasteiger partial charge >= 0.3 is 0 Å². The van der Waals surface area contributed by atoms with Gasteiger partial charge in [-0.2, -0.15) is 0 Å². The summed E-state index contributed by atoms with van der Waals surface area (Å²) in [6, 6.07) is 4.80. The minimum Gasteiger partial charge on any atom is -0.0728 e. The van der Waals surface area contributed by atoms with E-state index in [0.29, 0.717) is 0 Å². The third kappa shape index (κ3) is 1.14. The molecule has 0 spiro atoms. The molecule has 3 aliphatic rings. The van der Waals surface area contributed by atoms with Crippen molar-refractivity contribution in [2.45, 2.75) is 19.3 Å². The Balaban J connectivity index is 2.27. The van der Waals surface area contributed by atoms with Crippen molar-refractivity contribution in [2.75, 3.05) is 0 Å². The minimum atomic E-state index is 1.08. The highest BCUT2D eigenvalue weighted by Crippen LogP contribution is 2.03. The molecule has 0 amide bonds. The van der Waals surface area contributed by atoms with Crippen molar-refractivity contribution in [3.8, 4) is 0 Å². The van der Waals surface area contributed by atoms with Crippen LogP contribution in [0.5, 0.6) is 0 Å². The smallest absolute Gasteiger partial charge is 0.00960 e. The average molecular weight is 242 g/mol. The van der Waals surface area contributed by atoms with Crippen molar-refractivity contribution < 1.29 is 0 Å². The van der Waals surface area contributed by atoms with E-state index in [4.69, 9.17) is 0 Å². The van der Waals surface area contributed by atoms with E-state index >= 15 is 0 Å². The molecule has 0 radical (unpaired) electrons. The molecule has 19 heavy (non-hydrogen) atoms. The summed E-state index contributed by atoms with van der Waals surface area (Å²) < 4.78 is 0. The molecule has 0 saturated heterocycles. The van der Waals surface area contributed by atoms with E-state index in [1.165, 1.54) is 42.1 Å². The molecule has 2 aromatic carbocycles. The molecule has 0 heteroatoms. The first-order valence-electron chi connectivity index (χ1n) is 7.09. The molecular weight excluding hydrogens is 228 g/mol. The number of hydrogen-bond acceptors (Lipinski definition) is 0. The van der Waals surface area contributed by atoms with Gasteiger partial charge in [0.2, 0.25) is 0 Å². The lowest BCUT2D eigenvalue weighted by Gasteiger charge is -2.01. The predicted octanol–water partition coefficient (Wildman–Crippen LogP) is -0.266. The minimum absolute atomic E-state index is 1.08. The van der Waals surface area contributed by atoms with Crippen LogP contribution >= 0.6 is 0 Å². The van der Waals surface area contributed by atoms with Crippen LogP contribution in [0.2, 0.25) is 0 Å². The topological polar surface area (TPSA) is 0 Å². The maximum atomic E-state index is 2.40. The van der Waals surface area contributed by atoms with Gasteiger partial charge in [-0.25, -0.2) is 0 Å². The maximum Gasteiger partial charge on any atom is -0.00960 e. The SMILES string of the molecule is C1=c2cc3c4c(c5c(c3cc2=CC1)=CCC=5)=CCC=4. The lowest BCUT2D eigenvalue weighted by atomic mass is 10.0. The molecule has 0 bridgehead atoms. The molecule has 0 heterocycles. The van der Waals surface area contributed by atoms with Crippen LogP contribution in [0.15, 0.2) is 12.1 Å². The van der Waals surface area contributed by atoms with Gasteiger partial charge in [0.05, 0.1) is 0 Å². The van der Waals surface area contributed by atoms with Gasteiger partial charge in [-0.3, -0.25) is 0 Å². The standard InChI is InChI=1S/C19H14/c1-4-12-10-18-16-8-2-6-14(16)15-7-3-9-17(15)19(18)11-13(12)5-1/h4-11H,1-3H2. The lowest BCUT2D eigenvalue weighted by Crippen LogP contribution is -2.47. The molecule has 0 saturated carbocycles. The van der Waals surface area contributed by atoms with Crippen LogP contribution in [0.1, 0.15) is 19.3 Å². The van der Waals surface area contributed by atoms with Crippen molar-refractivity contribution in [3.05, 3.63) is 43.4 Å². The average Bonchev–Trinajstić information content (AvgIpc) is 3.15. The van der Waals surface area contributed by atoms with Gasteiger partial charge in [-0.15, -0.1) is 0 Å². The fourth-order valence-electron chi connectivity index (χ4n) is 3.79. The van der Waals surface area contributed by atoms with Crippen LogP contribution in [0, 0.1) is 0 Å². The van der Waals surface area contributed by atoms with Crippen molar-refractivity contribution in [1.29, 1.82) is 0 Å². The fraction of sp³-hybridized carbons (Fsp3) is 0.158. The third-order valence-corrected chi connectivity index (χ3v) is 4.64. The fourth-order valence-corrected chi connectivity index (χ4v) is 3.79. The Kier molecular flexibility index (Phi) is 1.69. The zero-order valence-electron chi connectivity index (χ0n) is 10.7. The number of hydrogen-bond donors (Lipinski definition) is 0. The highest BCUT2D eigenvalue weighted by atomic mass is 14.1. The molecular formula is C19H14. The number of rotatable bonds is 0. The predicted molar refractivity (Wildman–Crippen MR) is 82.3 cm³/mol. The Bertz CT molecular complexity index is 1020. The van der Waals surface area contributed by atoms with E-state index in [1.807, 2.05) is 0 Å². The van der Waals surface area contributed by atoms with Crippen molar-refractivity contribution >= 4 is 47.2 Å². The van der Waals surface area contributed by atoms with Gasteiger partial charge in [0.25, 0.3) is 0 Å². The van der Waals surface area contributed by atoms with Gasteiger partial charge in [-0.05, 0) is 73.5 Å². The largest absolute Gasteiger partial charge is 0.0728 e. The first-order chi connectivity index (χ1) is 9.42. The van der Waals surface area contributed by atoms with E-state index in [0.717, 1.165) is 19.3 Å². The Morgan fingerprint density at radius 1 is 0.474 bits per heavy atom. The summed E-state index contributed by atoms with van der Waals surface area (Å²) >= 11 is 0. The second kappa shape index (κ2) is 3.27. The molecule has 5 rings (SSSR count). The number of benzene rings is 2. The van der Waals surface area contributed by atoms with E-state index in [2.05, 4.69) is 48.6 Å². The summed E-state index contributed by atoms with van der Waals surface area (Å²) in [5.41, 5.74) is 0. The molecule has 2 aromatic rings. The van der Waals surface area contributed by atoms with E-state index in [9.17, 15) is 0 Å². The molecule has 0 nitrogen and oxygen atoms in total. The Labute approximate surface area is 110 Å². The third-order valence-electron chi connectivity index (χ3n) is 4.64. The molecule has 0 unspecified atom stereocenters. The summed E-state index contributed by atoms with van der Waals surface area (Å²) in [6.45, 7) is 0. The summed E-state index contributed by atoms with van der Waals surface area (Å²) in [5.74, 6) is 0. The summed E-state index contributed by atoms with van der Waals surface area (Å²) in [4.78, 5) is 0. The van der Waals surface area contributed by atoms with Crippen molar-refractivity contribution in [3.63, 3.8) is 0 Å². The zero-order valence-corrected chi connectivity index (χ0v) is 10.7. The van der Waals surface area contributed by atoms with Gasteiger partial charge in [0.1, 0.15) is 0 Å². The van der Waals surface area contributed by atoms with E-state index in [1.54, 1.807) is 0 Å². The molecule has 90 valence electrons. The van der Waals surface area contributed by atoms with Gasteiger partial charge < -0.3 is 0 Å². The van der Waals surface area contributed by atoms with Crippen LogP contribution in [0.25, 0.3) is 47.2 Å². The van der Waals surface area contributed by atoms with Crippen LogP contribution in [0.4, 0.5) is 0 Å². The first kappa shape index (κ1) is 9.80. The molecule has 0 fully saturated rings. The van der Waals surface area contributed by atoms with Gasteiger partial charge in [0, 0.05) is 0 Å². The molecule has 0 atom stereocenters. The monoisotopic (exact) mass is 242 g/mol. The van der Waals surface area contributed by atoms with Crippen LogP contribution in [-0.4, -0.2) is 0 Å². The Hall–Kier alpha value is -2.08. The second-order valence-corrected chi connectivity index (χ2v) is 5.61. The second-order valence-electron chi connectivity index (χ2n) is 5.61. The summed E-state index contributed by atoms with van der Waals surface area (Å²) in [7, 11) is 0. The molecule has 0 N–H and O–H groups in total. The Morgan fingerprint density at radius 2 is 0.895 bits per heavy atom. The maximum absolute atomic E-state index is 2.40. The van der Waals surface area contributed by atoms with Crippen LogP contribution < -0.4 is 31.3 Å². The van der Waals surface area contributed by atoms with Crippen LogP contribution in [-0.2, 0) is 0 Å². The molecule has 3 aliphatic carbocycles. The van der Waals surface area contributed by atoms with Gasteiger partial charge in [-0.1, -0.05) is 36.5 Å². The van der Waals surface area contributed by atoms with E-state index in [-0.39, 0.29) is 0 Å². The Morgan fingerprint density at radius 3 is 1.42 bits per heavy atom. The summed E-state index contributed by atoms with van der Waals surface area (Å²) in [5, 5.41) is 11.6. The highest BCUT2D eigenvalue weighted by Gasteiger charge is 2.08. The van der Waals surface area contributed by atoms with Crippen molar-refractivity contribution in [1.82, 2.24) is 0 Å². The van der Waals surface area contributed by atoms with Crippen molar-refractivity contribution in [2.24, 2.45) is 0 Å². The number of fused-ring (bicyclic) bond motifs is 7.